The number of non-ortho nitro benzene ring substituents is 1. The summed E-state index contributed by atoms with van der Waals surface area (Å²) in [6.45, 7) is 0.279. The van der Waals surface area contributed by atoms with Crippen LogP contribution in [0.4, 0.5) is 16.2 Å². The number of carbonyl (C=O) groups is 1. The van der Waals surface area contributed by atoms with Crippen molar-refractivity contribution in [2.45, 2.75) is 6.10 Å². The van der Waals surface area contributed by atoms with Gasteiger partial charge in [-0.1, -0.05) is 36.4 Å². The number of ether oxygens (including phenoxy) is 1. The average Bonchev–Trinajstić information content (AvgIpc) is 2.56. The van der Waals surface area contributed by atoms with E-state index in [-0.39, 0.29) is 18.3 Å². The van der Waals surface area contributed by atoms with Crippen LogP contribution in [-0.2, 0) is 4.74 Å². The number of rotatable bonds is 6. The maximum Gasteiger partial charge on any atom is 0.319 e. The van der Waals surface area contributed by atoms with Crippen LogP contribution in [0.25, 0.3) is 0 Å². The van der Waals surface area contributed by atoms with Crippen molar-refractivity contribution < 1.29 is 14.5 Å². The fraction of sp³-hybridized carbons (Fsp3) is 0.188. The van der Waals surface area contributed by atoms with Crippen LogP contribution < -0.4 is 10.6 Å². The van der Waals surface area contributed by atoms with Crippen molar-refractivity contribution in [1.82, 2.24) is 5.32 Å². The number of urea groups is 1. The maximum absolute atomic E-state index is 11.9. The van der Waals surface area contributed by atoms with Crippen molar-refractivity contribution in [2.75, 3.05) is 19.0 Å². The van der Waals surface area contributed by atoms with Crippen molar-refractivity contribution >= 4 is 17.4 Å². The third-order valence-corrected chi connectivity index (χ3v) is 3.22. The lowest BCUT2D eigenvalue weighted by Crippen LogP contribution is -2.32. The van der Waals surface area contributed by atoms with Crippen LogP contribution in [0, 0.1) is 10.1 Å². The van der Waals surface area contributed by atoms with Gasteiger partial charge in [0, 0.05) is 31.5 Å². The standard InChI is InChI=1S/C16H17N3O4/c1-23-15(12-6-3-2-4-7-12)11-17-16(20)18-13-8-5-9-14(10-13)19(21)22/h2-10,15H,11H2,1H3,(H2,17,18,20)/t15-/m0/s1. The molecule has 1 atom stereocenters. The molecule has 0 unspecified atom stereocenters. The zero-order valence-corrected chi connectivity index (χ0v) is 12.6. The lowest BCUT2D eigenvalue weighted by Gasteiger charge is -2.16. The molecule has 0 aliphatic carbocycles. The molecule has 23 heavy (non-hydrogen) atoms. The Labute approximate surface area is 133 Å². The summed E-state index contributed by atoms with van der Waals surface area (Å²) in [5, 5.41) is 16.0. The summed E-state index contributed by atoms with van der Waals surface area (Å²) < 4.78 is 5.36. The van der Waals surface area contributed by atoms with Crippen LogP contribution in [0.3, 0.4) is 0 Å². The highest BCUT2D eigenvalue weighted by molar-refractivity contribution is 5.89. The second-order valence-corrected chi connectivity index (χ2v) is 4.78. The summed E-state index contributed by atoms with van der Waals surface area (Å²) in [4.78, 5) is 22.1. The number of anilines is 1. The Kier molecular flexibility index (Phi) is 5.65. The second kappa shape index (κ2) is 7.90. The summed E-state index contributed by atoms with van der Waals surface area (Å²) in [7, 11) is 1.57. The molecule has 0 heterocycles. The van der Waals surface area contributed by atoms with Crippen molar-refractivity contribution in [3.8, 4) is 0 Å². The Morgan fingerprint density at radius 1 is 1.22 bits per heavy atom. The number of carbonyl (C=O) groups excluding carboxylic acids is 1. The predicted octanol–water partition coefficient (Wildman–Crippen LogP) is 3.10. The molecular weight excluding hydrogens is 298 g/mol. The van der Waals surface area contributed by atoms with Crippen LogP contribution >= 0.6 is 0 Å². The SMILES string of the molecule is CO[C@@H](CNC(=O)Nc1cccc([N+](=O)[O-])c1)c1ccccc1. The molecule has 0 saturated heterocycles. The van der Waals surface area contributed by atoms with Crippen LogP contribution in [-0.4, -0.2) is 24.6 Å². The fourth-order valence-electron chi connectivity index (χ4n) is 2.06. The summed E-state index contributed by atoms with van der Waals surface area (Å²) in [5.41, 5.74) is 1.22. The Hall–Kier alpha value is -2.93. The third-order valence-electron chi connectivity index (χ3n) is 3.22. The molecule has 0 fully saturated rings. The van der Waals surface area contributed by atoms with E-state index >= 15 is 0 Å². The van der Waals surface area contributed by atoms with Gasteiger partial charge in [-0.25, -0.2) is 4.79 Å². The van der Waals surface area contributed by atoms with E-state index in [4.69, 9.17) is 4.74 Å². The van der Waals surface area contributed by atoms with Gasteiger partial charge in [0.1, 0.15) is 0 Å². The molecule has 2 aromatic rings. The van der Waals surface area contributed by atoms with Gasteiger partial charge in [0.25, 0.3) is 5.69 Å². The molecule has 0 aliphatic rings. The molecular formula is C16H17N3O4. The smallest absolute Gasteiger partial charge is 0.319 e. The van der Waals surface area contributed by atoms with E-state index in [1.165, 1.54) is 18.2 Å². The summed E-state index contributed by atoms with van der Waals surface area (Å²) >= 11 is 0. The van der Waals surface area contributed by atoms with E-state index in [1.807, 2.05) is 30.3 Å². The van der Waals surface area contributed by atoms with Crippen LogP contribution in [0.5, 0.6) is 0 Å². The quantitative estimate of drug-likeness (QED) is 0.632. The van der Waals surface area contributed by atoms with Gasteiger partial charge >= 0.3 is 6.03 Å². The van der Waals surface area contributed by atoms with Gasteiger partial charge < -0.3 is 15.4 Å². The lowest BCUT2D eigenvalue weighted by molar-refractivity contribution is -0.384. The minimum absolute atomic E-state index is 0.0816. The van der Waals surface area contributed by atoms with E-state index in [1.54, 1.807) is 13.2 Å². The van der Waals surface area contributed by atoms with Gasteiger partial charge in [0.2, 0.25) is 0 Å². The van der Waals surface area contributed by atoms with E-state index in [9.17, 15) is 14.9 Å². The van der Waals surface area contributed by atoms with Gasteiger partial charge in [-0.3, -0.25) is 10.1 Å². The number of benzene rings is 2. The van der Waals surface area contributed by atoms with Gasteiger partial charge in [-0.2, -0.15) is 0 Å². The monoisotopic (exact) mass is 315 g/mol. The molecule has 2 aromatic carbocycles. The summed E-state index contributed by atoms with van der Waals surface area (Å²) in [6, 6.07) is 14.8. The molecule has 2 N–H and O–H groups in total. The lowest BCUT2D eigenvalue weighted by atomic mass is 10.1. The van der Waals surface area contributed by atoms with Gasteiger partial charge in [0.15, 0.2) is 0 Å². The minimum atomic E-state index is -0.514. The molecule has 7 nitrogen and oxygen atoms in total. The number of amides is 2. The highest BCUT2D eigenvalue weighted by atomic mass is 16.6. The molecule has 120 valence electrons. The van der Waals surface area contributed by atoms with Crippen molar-refractivity contribution in [1.29, 1.82) is 0 Å². The van der Waals surface area contributed by atoms with E-state index in [0.717, 1.165) is 5.56 Å². The highest BCUT2D eigenvalue weighted by Gasteiger charge is 2.12. The third kappa shape index (κ3) is 4.79. The van der Waals surface area contributed by atoms with E-state index in [0.29, 0.717) is 5.69 Å². The molecule has 0 saturated carbocycles. The number of hydrogen-bond acceptors (Lipinski definition) is 4. The van der Waals surface area contributed by atoms with Gasteiger partial charge in [-0.15, -0.1) is 0 Å². The second-order valence-electron chi connectivity index (χ2n) is 4.78. The van der Waals surface area contributed by atoms with E-state index in [2.05, 4.69) is 10.6 Å². The van der Waals surface area contributed by atoms with Crippen molar-refractivity contribution in [3.05, 3.63) is 70.3 Å². The van der Waals surface area contributed by atoms with Gasteiger partial charge in [-0.05, 0) is 11.6 Å². The maximum atomic E-state index is 11.9. The number of nitro benzene ring substituents is 1. The molecule has 0 radical (unpaired) electrons. The average molecular weight is 315 g/mol. The number of hydrogen-bond donors (Lipinski definition) is 2. The minimum Gasteiger partial charge on any atom is -0.375 e. The Morgan fingerprint density at radius 2 is 1.96 bits per heavy atom. The fourth-order valence-corrected chi connectivity index (χ4v) is 2.06. The molecule has 0 aliphatic heterocycles. The summed E-state index contributed by atoms with van der Waals surface area (Å²) in [5.74, 6) is 0. The Bertz CT molecular complexity index is 676. The molecule has 7 heteroatoms. The first-order valence-electron chi connectivity index (χ1n) is 6.97. The van der Waals surface area contributed by atoms with Gasteiger partial charge in [0.05, 0.1) is 11.0 Å². The van der Waals surface area contributed by atoms with Crippen LogP contribution in [0.2, 0.25) is 0 Å². The normalized spacial score (nSPS) is 11.5. The highest BCUT2D eigenvalue weighted by Crippen LogP contribution is 2.17. The first-order chi connectivity index (χ1) is 11.1. The zero-order valence-electron chi connectivity index (χ0n) is 12.6. The summed E-state index contributed by atoms with van der Waals surface area (Å²) in [6.07, 6.45) is -0.271. The molecule has 0 aromatic heterocycles. The van der Waals surface area contributed by atoms with Crippen molar-refractivity contribution in [2.24, 2.45) is 0 Å². The van der Waals surface area contributed by atoms with Crippen LogP contribution in [0.1, 0.15) is 11.7 Å². The topological polar surface area (TPSA) is 93.5 Å². The zero-order chi connectivity index (χ0) is 16.7. The number of nitrogens with zero attached hydrogens (tertiary/aromatic N) is 1. The number of methoxy groups -OCH3 is 1. The number of nitro groups is 1. The first kappa shape index (κ1) is 16.4. The number of nitrogens with one attached hydrogen (secondary N) is 2. The predicted molar refractivity (Wildman–Crippen MR) is 86.3 cm³/mol. The van der Waals surface area contributed by atoms with Crippen LogP contribution in [0.15, 0.2) is 54.6 Å². The first-order valence-corrected chi connectivity index (χ1v) is 6.97. The molecule has 2 amide bonds. The molecule has 0 spiro atoms. The van der Waals surface area contributed by atoms with E-state index < -0.39 is 11.0 Å². The largest absolute Gasteiger partial charge is 0.375 e. The Morgan fingerprint density at radius 3 is 2.61 bits per heavy atom. The molecule has 2 rings (SSSR count). The Balaban J connectivity index is 1.92. The molecule has 0 bridgehead atoms. The van der Waals surface area contributed by atoms with Crippen molar-refractivity contribution in [3.63, 3.8) is 0 Å².